The molecule has 0 bridgehead atoms. The predicted octanol–water partition coefficient (Wildman–Crippen LogP) is 4.39. The highest BCUT2D eigenvalue weighted by molar-refractivity contribution is 7.09. The van der Waals surface area contributed by atoms with Gasteiger partial charge < -0.3 is 5.32 Å². The van der Waals surface area contributed by atoms with E-state index in [-0.39, 0.29) is 11.2 Å². The van der Waals surface area contributed by atoms with Gasteiger partial charge in [-0.05, 0) is 49.0 Å². The first-order valence-electron chi connectivity index (χ1n) is 6.99. The molecule has 0 aliphatic rings. The number of rotatable bonds is 6. The lowest BCUT2D eigenvalue weighted by Crippen LogP contribution is -2.43. The lowest BCUT2D eigenvalue weighted by Gasteiger charge is -2.35. The summed E-state index contributed by atoms with van der Waals surface area (Å²) in [6.07, 6.45) is 2.15. The Morgan fingerprint density at radius 1 is 1.20 bits per heavy atom. The third kappa shape index (κ3) is 3.47. The summed E-state index contributed by atoms with van der Waals surface area (Å²) < 4.78 is 13.1. The highest BCUT2D eigenvalue weighted by Crippen LogP contribution is 2.30. The van der Waals surface area contributed by atoms with E-state index in [1.807, 2.05) is 19.2 Å². The van der Waals surface area contributed by atoms with Gasteiger partial charge in [-0.2, -0.15) is 0 Å². The number of thiophene rings is 1. The van der Waals surface area contributed by atoms with Crippen LogP contribution in [-0.2, 0) is 11.8 Å². The SMILES string of the molecule is CNC(CCc1cccs1)C(C)(C)c1ccc(F)cc1. The molecule has 1 unspecified atom stereocenters. The van der Waals surface area contributed by atoms with Crippen LogP contribution >= 0.6 is 11.3 Å². The van der Waals surface area contributed by atoms with E-state index in [9.17, 15) is 4.39 Å². The highest BCUT2D eigenvalue weighted by atomic mass is 32.1. The van der Waals surface area contributed by atoms with Crippen molar-refractivity contribution in [2.24, 2.45) is 0 Å². The van der Waals surface area contributed by atoms with Crippen LogP contribution in [0.5, 0.6) is 0 Å². The van der Waals surface area contributed by atoms with Gasteiger partial charge in [0.15, 0.2) is 0 Å². The molecule has 1 nitrogen and oxygen atoms in total. The van der Waals surface area contributed by atoms with E-state index in [1.54, 1.807) is 23.5 Å². The molecule has 0 aliphatic heterocycles. The van der Waals surface area contributed by atoms with Crippen LogP contribution in [0.25, 0.3) is 0 Å². The van der Waals surface area contributed by atoms with E-state index in [1.165, 1.54) is 10.4 Å². The lowest BCUT2D eigenvalue weighted by atomic mass is 9.76. The maximum atomic E-state index is 13.1. The molecule has 1 aromatic heterocycles. The Balaban J connectivity index is 2.10. The van der Waals surface area contributed by atoms with E-state index < -0.39 is 0 Å². The quantitative estimate of drug-likeness (QED) is 0.832. The van der Waals surface area contributed by atoms with Gasteiger partial charge >= 0.3 is 0 Å². The van der Waals surface area contributed by atoms with Crippen molar-refractivity contribution in [3.8, 4) is 0 Å². The summed E-state index contributed by atoms with van der Waals surface area (Å²) in [4.78, 5) is 1.42. The van der Waals surface area contributed by atoms with Crippen LogP contribution in [0.4, 0.5) is 4.39 Å². The summed E-state index contributed by atoms with van der Waals surface area (Å²) in [6.45, 7) is 4.44. The number of hydrogen-bond donors (Lipinski definition) is 1. The molecule has 1 atom stereocenters. The first-order valence-corrected chi connectivity index (χ1v) is 7.87. The summed E-state index contributed by atoms with van der Waals surface area (Å²) in [5, 5.41) is 5.55. The molecule has 108 valence electrons. The first kappa shape index (κ1) is 15.2. The monoisotopic (exact) mass is 291 g/mol. The van der Waals surface area contributed by atoms with E-state index in [4.69, 9.17) is 0 Å². The Kier molecular flexibility index (Phi) is 4.95. The number of benzene rings is 1. The summed E-state index contributed by atoms with van der Waals surface area (Å²) >= 11 is 1.81. The van der Waals surface area contributed by atoms with Crippen molar-refractivity contribution in [1.82, 2.24) is 5.32 Å². The van der Waals surface area contributed by atoms with Gasteiger partial charge in [0.05, 0.1) is 0 Å². The minimum absolute atomic E-state index is 0.0281. The molecule has 0 saturated heterocycles. The molecule has 0 saturated carbocycles. The zero-order valence-electron chi connectivity index (χ0n) is 12.3. The van der Waals surface area contributed by atoms with Crippen molar-refractivity contribution in [2.45, 2.75) is 38.1 Å². The average Bonchev–Trinajstić information content (AvgIpc) is 2.93. The number of nitrogens with one attached hydrogen (secondary N) is 1. The van der Waals surface area contributed by atoms with Gasteiger partial charge in [0.1, 0.15) is 5.82 Å². The second-order valence-corrected chi connectivity index (χ2v) is 6.72. The molecule has 0 spiro atoms. The fourth-order valence-electron chi connectivity index (χ4n) is 2.69. The fraction of sp³-hybridized carbons (Fsp3) is 0.412. The van der Waals surface area contributed by atoms with Gasteiger partial charge in [0, 0.05) is 16.3 Å². The molecular formula is C17H22FNS. The number of halogens is 1. The Labute approximate surface area is 124 Å². The molecule has 1 heterocycles. The molecular weight excluding hydrogens is 269 g/mol. The fourth-order valence-corrected chi connectivity index (χ4v) is 3.41. The third-order valence-electron chi connectivity index (χ3n) is 4.07. The molecule has 20 heavy (non-hydrogen) atoms. The standard InChI is InChI=1S/C17H22FNS/c1-17(2,13-6-8-14(18)9-7-13)16(19-3)11-10-15-5-4-12-20-15/h4-9,12,16,19H,10-11H2,1-3H3. The van der Waals surface area contributed by atoms with Crippen molar-refractivity contribution < 1.29 is 4.39 Å². The van der Waals surface area contributed by atoms with Crippen LogP contribution in [0.15, 0.2) is 41.8 Å². The molecule has 3 heteroatoms. The Bertz CT molecular complexity index is 516. The third-order valence-corrected chi connectivity index (χ3v) is 5.00. The van der Waals surface area contributed by atoms with Crippen LogP contribution in [0.3, 0.4) is 0 Å². The molecule has 1 aromatic carbocycles. The lowest BCUT2D eigenvalue weighted by molar-refractivity contribution is 0.340. The number of hydrogen-bond acceptors (Lipinski definition) is 2. The molecule has 2 aromatic rings. The number of likely N-dealkylation sites (N-methyl/N-ethyl adjacent to an activating group) is 1. The summed E-state index contributed by atoms with van der Waals surface area (Å²) in [5.74, 6) is -0.177. The molecule has 0 fully saturated rings. The van der Waals surface area contributed by atoms with Crippen molar-refractivity contribution in [3.05, 3.63) is 58.0 Å². The van der Waals surface area contributed by atoms with Crippen LogP contribution in [0.2, 0.25) is 0 Å². The average molecular weight is 291 g/mol. The summed E-state index contributed by atoms with van der Waals surface area (Å²) in [6, 6.07) is 11.5. The van der Waals surface area contributed by atoms with E-state index in [0.29, 0.717) is 6.04 Å². The van der Waals surface area contributed by atoms with Gasteiger partial charge in [-0.25, -0.2) is 4.39 Å². The van der Waals surface area contributed by atoms with Gasteiger partial charge in [0.2, 0.25) is 0 Å². The normalized spacial score (nSPS) is 13.4. The minimum atomic E-state index is -0.177. The maximum Gasteiger partial charge on any atom is 0.123 e. The van der Waals surface area contributed by atoms with Crippen LogP contribution in [0.1, 0.15) is 30.7 Å². The largest absolute Gasteiger partial charge is 0.316 e. The minimum Gasteiger partial charge on any atom is -0.316 e. The highest BCUT2D eigenvalue weighted by Gasteiger charge is 2.29. The van der Waals surface area contributed by atoms with E-state index >= 15 is 0 Å². The van der Waals surface area contributed by atoms with Crippen LogP contribution in [0, 0.1) is 5.82 Å². The first-order chi connectivity index (χ1) is 9.54. The second-order valence-electron chi connectivity index (χ2n) is 5.69. The van der Waals surface area contributed by atoms with Crippen molar-refractivity contribution in [2.75, 3.05) is 7.05 Å². The molecule has 1 N–H and O–H groups in total. The zero-order chi connectivity index (χ0) is 14.6. The van der Waals surface area contributed by atoms with Gasteiger partial charge in [-0.15, -0.1) is 11.3 Å². The number of aryl methyl sites for hydroxylation is 1. The summed E-state index contributed by atoms with van der Waals surface area (Å²) in [7, 11) is 2.00. The van der Waals surface area contributed by atoms with Crippen LogP contribution < -0.4 is 5.32 Å². The predicted molar refractivity (Wildman–Crippen MR) is 84.9 cm³/mol. The van der Waals surface area contributed by atoms with Crippen molar-refractivity contribution >= 4 is 11.3 Å². The smallest absolute Gasteiger partial charge is 0.123 e. The van der Waals surface area contributed by atoms with Gasteiger partial charge in [-0.3, -0.25) is 0 Å². The summed E-state index contributed by atoms with van der Waals surface area (Å²) in [5.41, 5.74) is 1.14. The van der Waals surface area contributed by atoms with Gasteiger partial charge in [0.25, 0.3) is 0 Å². The molecule has 0 aliphatic carbocycles. The van der Waals surface area contributed by atoms with Crippen molar-refractivity contribution in [1.29, 1.82) is 0 Å². The molecule has 2 rings (SSSR count). The second kappa shape index (κ2) is 6.51. The molecule has 0 amide bonds. The molecule has 0 radical (unpaired) electrons. The Morgan fingerprint density at radius 2 is 1.90 bits per heavy atom. The van der Waals surface area contributed by atoms with Gasteiger partial charge in [-0.1, -0.05) is 32.0 Å². The zero-order valence-corrected chi connectivity index (χ0v) is 13.1. The Morgan fingerprint density at radius 3 is 2.45 bits per heavy atom. The van der Waals surface area contributed by atoms with Crippen LogP contribution in [-0.4, -0.2) is 13.1 Å². The Hall–Kier alpha value is -1.19. The van der Waals surface area contributed by atoms with Crippen molar-refractivity contribution in [3.63, 3.8) is 0 Å². The van der Waals surface area contributed by atoms with E-state index in [0.717, 1.165) is 12.8 Å². The maximum absolute atomic E-state index is 13.1. The topological polar surface area (TPSA) is 12.0 Å². The van der Waals surface area contributed by atoms with E-state index in [2.05, 4.69) is 36.7 Å².